The van der Waals surface area contributed by atoms with Gasteiger partial charge in [-0.25, -0.2) is 4.98 Å². The fraction of sp³-hybridized carbons (Fsp3) is 0.188. The lowest BCUT2D eigenvalue weighted by atomic mass is 10.3. The van der Waals surface area contributed by atoms with Gasteiger partial charge < -0.3 is 13.9 Å². The van der Waals surface area contributed by atoms with Crippen molar-refractivity contribution >= 4 is 11.3 Å². The van der Waals surface area contributed by atoms with E-state index >= 15 is 0 Å². The molecule has 0 aliphatic carbocycles. The number of hydrogen-bond donors (Lipinski definition) is 0. The molecule has 3 rings (SSSR count). The molecule has 0 atom stereocenters. The Morgan fingerprint density at radius 3 is 2.57 bits per heavy atom. The molecule has 0 fully saturated rings. The third-order valence-corrected chi connectivity index (χ3v) is 3.92. The van der Waals surface area contributed by atoms with E-state index in [0.717, 1.165) is 27.8 Å². The molecule has 108 valence electrons. The number of rotatable bonds is 5. The maximum Gasteiger partial charge on any atom is 0.236 e. The number of oxazole rings is 1. The van der Waals surface area contributed by atoms with Crippen LogP contribution in [0.5, 0.6) is 11.5 Å². The molecule has 2 heterocycles. The summed E-state index contributed by atoms with van der Waals surface area (Å²) in [6.45, 7) is 2.28. The molecule has 0 N–H and O–H groups in total. The molecule has 3 aromatic rings. The molecule has 0 radical (unpaired) electrons. The summed E-state index contributed by atoms with van der Waals surface area (Å²) in [6.07, 6.45) is 0. The standard InChI is InChI=1S/C16H15NO3S/c1-11-14(17-16(20-11)15-4-3-9-21-15)10-19-13-7-5-12(18-2)6-8-13/h3-9H,10H2,1-2H3. The predicted molar refractivity (Wildman–Crippen MR) is 81.9 cm³/mol. The van der Waals surface area contributed by atoms with Crippen molar-refractivity contribution < 1.29 is 13.9 Å². The predicted octanol–water partition coefficient (Wildman–Crippen LogP) is 4.30. The lowest BCUT2D eigenvalue weighted by Gasteiger charge is -2.05. The van der Waals surface area contributed by atoms with Crippen LogP contribution in [0.2, 0.25) is 0 Å². The van der Waals surface area contributed by atoms with Gasteiger partial charge >= 0.3 is 0 Å². The van der Waals surface area contributed by atoms with Crippen molar-refractivity contribution in [2.75, 3.05) is 7.11 Å². The number of hydrogen-bond acceptors (Lipinski definition) is 5. The van der Waals surface area contributed by atoms with Crippen molar-refractivity contribution in [1.29, 1.82) is 0 Å². The summed E-state index contributed by atoms with van der Waals surface area (Å²) in [4.78, 5) is 5.52. The number of thiophene rings is 1. The van der Waals surface area contributed by atoms with Crippen LogP contribution in [0.1, 0.15) is 11.5 Å². The molecule has 2 aromatic heterocycles. The molecule has 0 saturated heterocycles. The average molecular weight is 301 g/mol. The van der Waals surface area contributed by atoms with Gasteiger partial charge in [0.15, 0.2) is 0 Å². The molecule has 0 saturated carbocycles. The van der Waals surface area contributed by atoms with Crippen LogP contribution < -0.4 is 9.47 Å². The summed E-state index contributed by atoms with van der Waals surface area (Å²) in [5.74, 6) is 3.01. The Morgan fingerprint density at radius 1 is 1.14 bits per heavy atom. The number of aryl methyl sites for hydroxylation is 1. The molecule has 0 amide bonds. The van der Waals surface area contributed by atoms with Gasteiger partial charge in [-0.1, -0.05) is 6.07 Å². The van der Waals surface area contributed by atoms with Gasteiger partial charge in [0.1, 0.15) is 29.6 Å². The lowest BCUT2D eigenvalue weighted by molar-refractivity contribution is 0.299. The first-order valence-corrected chi connectivity index (χ1v) is 7.41. The molecule has 0 spiro atoms. The smallest absolute Gasteiger partial charge is 0.236 e. The second-order valence-electron chi connectivity index (χ2n) is 4.46. The van der Waals surface area contributed by atoms with Crippen LogP contribution in [0.4, 0.5) is 0 Å². The van der Waals surface area contributed by atoms with Gasteiger partial charge in [0, 0.05) is 0 Å². The van der Waals surface area contributed by atoms with Gasteiger partial charge in [-0.05, 0) is 42.6 Å². The second-order valence-corrected chi connectivity index (χ2v) is 5.41. The molecular weight excluding hydrogens is 286 g/mol. The van der Waals surface area contributed by atoms with Crippen LogP contribution in [0.3, 0.4) is 0 Å². The highest BCUT2D eigenvalue weighted by Gasteiger charge is 2.12. The summed E-state index contributed by atoms with van der Waals surface area (Å²) in [7, 11) is 1.64. The summed E-state index contributed by atoms with van der Waals surface area (Å²) in [5.41, 5.74) is 0.814. The average Bonchev–Trinajstić information content (AvgIpc) is 3.15. The SMILES string of the molecule is COc1ccc(OCc2nc(-c3cccs3)oc2C)cc1. The van der Waals surface area contributed by atoms with E-state index in [1.54, 1.807) is 18.4 Å². The zero-order valence-corrected chi connectivity index (χ0v) is 12.6. The normalized spacial score (nSPS) is 10.6. The summed E-state index contributed by atoms with van der Waals surface area (Å²) in [5, 5.41) is 2.00. The van der Waals surface area contributed by atoms with Crippen LogP contribution in [0.15, 0.2) is 46.2 Å². The summed E-state index contributed by atoms with van der Waals surface area (Å²) in [6, 6.07) is 11.4. The van der Waals surface area contributed by atoms with Gasteiger partial charge in [0.2, 0.25) is 5.89 Å². The van der Waals surface area contributed by atoms with E-state index in [-0.39, 0.29) is 0 Å². The fourth-order valence-corrected chi connectivity index (χ4v) is 2.54. The topological polar surface area (TPSA) is 44.5 Å². The Balaban J connectivity index is 1.70. The quantitative estimate of drug-likeness (QED) is 0.705. The van der Waals surface area contributed by atoms with Gasteiger partial charge in [0.25, 0.3) is 0 Å². The highest BCUT2D eigenvalue weighted by Crippen LogP contribution is 2.26. The van der Waals surface area contributed by atoms with Crippen LogP contribution >= 0.6 is 11.3 Å². The molecule has 5 heteroatoms. The van der Waals surface area contributed by atoms with Crippen molar-refractivity contribution in [1.82, 2.24) is 4.98 Å². The minimum absolute atomic E-state index is 0.382. The monoisotopic (exact) mass is 301 g/mol. The van der Waals surface area contributed by atoms with E-state index in [4.69, 9.17) is 13.9 Å². The molecule has 0 unspecified atom stereocenters. The van der Waals surface area contributed by atoms with Gasteiger partial charge in [-0.2, -0.15) is 0 Å². The maximum absolute atomic E-state index is 5.73. The van der Waals surface area contributed by atoms with Gasteiger partial charge in [-0.3, -0.25) is 0 Å². The van der Waals surface area contributed by atoms with E-state index in [1.807, 2.05) is 48.7 Å². The largest absolute Gasteiger partial charge is 0.497 e. The first-order valence-electron chi connectivity index (χ1n) is 6.53. The van der Waals surface area contributed by atoms with Crippen LogP contribution in [0.25, 0.3) is 10.8 Å². The Kier molecular flexibility index (Phi) is 3.92. The zero-order valence-electron chi connectivity index (χ0n) is 11.8. The van der Waals surface area contributed by atoms with Crippen LogP contribution in [0, 0.1) is 6.92 Å². The molecule has 1 aromatic carbocycles. The number of nitrogens with zero attached hydrogens (tertiary/aromatic N) is 1. The third kappa shape index (κ3) is 3.08. The van der Waals surface area contributed by atoms with Crippen molar-refractivity contribution in [3.63, 3.8) is 0 Å². The Hall–Kier alpha value is -2.27. The van der Waals surface area contributed by atoms with Gasteiger partial charge in [-0.15, -0.1) is 11.3 Å². The highest BCUT2D eigenvalue weighted by atomic mass is 32.1. The maximum atomic E-state index is 5.73. The van der Waals surface area contributed by atoms with E-state index in [1.165, 1.54) is 0 Å². The second kappa shape index (κ2) is 6.01. The van der Waals surface area contributed by atoms with Crippen LogP contribution in [-0.4, -0.2) is 12.1 Å². The highest BCUT2D eigenvalue weighted by molar-refractivity contribution is 7.13. The molecule has 4 nitrogen and oxygen atoms in total. The number of ether oxygens (including phenoxy) is 2. The van der Waals surface area contributed by atoms with E-state index in [0.29, 0.717) is 12.5 Å². The zero-order chi connectivity index (χ0) is 14.7. The van der Waals surface area contributed by atoms with Crippen LogP contribution in [-0.2, 0) is 6.61 Å². The third-order valence-electron chi connectivity index (χ3n) is 3.06. The van der Waals surface area contributed by atoms with E-state index < -0.39 is 0 Å². The number of methoxy groups -OCH3 is 1. The molecule has 21 heavy (non-hydrogen) atoms. The number of aromatic nitrogens is 1. The minimum atomic E-state index is 0.382. The molecule has 0 aliphatic heterocycles. The minimum Gasteiger partial charge on any atom is -0.497 e. The van der Waals surface area contributed by atoms with E-state index in [9.17, 15) is 0 Å². The molecular formula is C16H15NO3S. The summed E-state index contributed by atoms with van der Waals surface area (Å²) >= 11 is 1.61. The molecule has 0 bridgehead atoms. The summed E-state index contributed by atoms with van der Waals surface area (Å²) < 4.78 is 16.5. The fourth-order valence-electron chi connectivity index (χ4n) is 1.89. The first kappa shape index (κ1) is 13.7. The molecule has 0 aliphatic rings. The Morgan fingerprint density at radius 2 is 1.90 bits per heavy atom. The number of benzene rings is 1. The Labute approximate surface area is 127 Å². The van der Waals surface area contributed by atoms with Crippen molar-refractivity contribution in [3.05, 3.63) is 53.2 Å². The van der Waals surface area contributed by atoms with Gasteiger partial charge in [0.05, 0.1) is 12.0 Å². The Bertz CT molecular complexity index is 702. The van der Waals surface area contributed by atoms with Crippen molar-refractivity contribution in [2.45, 2.75) is 13.5 Å². The van der Waals surface area contributed by atoms with E-state index in [2.05, 4.69) is 4.98 Å². The lowest BCUT2D eigenvalue weighted by Crippen LogP contribution is -1.97. The van der Waals surface area contributed by atoms with Crippen molar-refractivity contribution in [2.24, 2.45) is 0 Å². The first-order chi connectivity index (χ1) is 10.3. The van der Waals surface area contributed by atoms with Crippen molar-refractivity contribution in [3.8, 4) is 22.3 Å².